The lowest BCUT2D eigenvalue weighted by Crippen LogP contribution is -2.28. The van der Waals surface area contributed by atoms with Crippen molar-refractivity contribution in [3.05, 3.63) is 34.3 Å². The second-order valence-electron chi connectivity index (χ2n) is 3.09. The van der Waals surface area contributed by atoms with E-state index in [9.17, 15) is 0 Å². The molecule has 13 heavy (non-hydrogen) atoms. The van der Waals surface area contributed by atoms with E-state index in [1.54, 1.807) is 0 Å². The van der Waals surface area contributed by atoms with Gasteiger partial charge in [-0.3, -0.25) is 0 Å². The van der Waals surface area contributed by atoms with Gasteiger partial charge in [0.15, 0.2) is 0 Å². The van der Waals surface area contributed by atoms with Crippen molar-refractivity contribution in [2.75, 3.05) is 6.61 Å². The van der Waals surface area contributed by atoms with E-state index in [4.69, 9.17) is 5.11 Å². The number of aliphatic hydroxyl groups is 1. The van der Waals surface area contributed by atoms with Crippen LogP contribution in [0.5, 0.6) is 0 Å². The lowest BCUT2D eigenvalue weighted by molar-refractivity contribution is 0.251. The molecule has 0 spiro atoms. The summed E-state index contributed by atoms with van der Waals surface area (Å²) >= 11 is 3.41. The Bertz CT molecular complexity index is 265. The van der Waals surface area contributed by atoms with Crippen molar-refractivity contribution in [1.82, 2.24) is 5.32 Å². The maximum atomic E-state index is 8.80. The first-order valence-electron chi connectivity index (χ1n) is 4.31. The van der Waals surface area contributed by atoms with Gasteiger partial charge in [0.1, 0.15) is 0 Å². The first-order valence-corrected chi connectivity index (χ1v) is 5.10. The van der Waals surface area contributed by atoms with Gasteiger partial charge in [0.05, 0.1) is 6.61 Å². The van der Waals surface area contributed by atoms with Gasteiger partial charge in [-0.2, -0.15) is 0 Å². The van der Waals surface area contributed by atoms with Crippen LogP contribution in [-0.4, -0.2) is 17.8 Å². The number of hydrogen-bond acceptors (Lipinski definition) is 2. The second-order valence-corrected chi connectivity index (χ2v) is 4.01. The predicted molar refractivity (Wildman–Crippen MR) is 57.5 cm³/mol. The van der Waals surface area contributed by atoms with E-state index in [1.165, 1.54) is 5.56 Å². The van der Waals surface area contributed by atoms with Crippen LogP contribution in [0.1, 0.15) is 12.5 Å². The third kappa shape index (κ3) is 3.89. The highest BCUT2D eigenvalue weighted by atomic mass is 79.9. The van der Waals surface area contributed by atoms with E-state index in [0.717, 1.165) is 11.0 Å². The normalized spacial score (nSPS) is 12.8. The van der Waals surface area contributed by atoms with Crippen molar-refractivity contribution in [3.8, 4) is 0 Å². The van der Waals surface area contributed by atoms with Gasteiger partial charge in [0.25, 0.3) is 0 Å². The van der Waals surface area contributed by atoms with Crippen LogP contribution < -0.4 is 5.32 Å². The number of nitrogens with one attached hydrogen (secondary N) is 1. The van der Waals surface area contributed by atoms with Gasteiger partial charge < -0.3 is 10.4 Å². The van der Waals surface area contributed by atoms with E-state index in [-0.39, 0.29) is 12.6 Å². The first kappa shape index (κ1) is 10.7. The standard InChI is InChI=1S/C10H14BrNO/c1-8(7-13)12-6-9-3-2-4-10(11)5-9/h2-5,8,12-13H,6-7H2,1H3/t8-/m0/s1. The zero-order valence-electron chi connectivity index (χ0n) is 7.63. The van der Waals surface area contributed by atoms with E-state index < -0.39 is 0 Å². The molecule has 1 aromatic rings. The predicted octanol–water partition coefficient (Wildman–Crippen LogP) is 1.92. The molecule has 0 unspecified atom stereocenters. The maximum absolute atomic E-state index is 8.80. The van der Waals surface area contributed by atoms with E-state index in [1.807, 2.05) is 19.1 Å². The highest BCUT2D eigenvalue weighted by Crippen LogP contribution is 2.11. The molecule has 0 radical (unpaired) electrons. The highest BCUT2D eigenvalue weighted by molar-refractivity contribution is 9.10. The number of rotatable bonds is 4. The van der Waals surface area contributed by atoms with Crippen molar-refractivity contribution in [2.45, 2.75) is 19.5 Å². The molecule has 0 heterocycles. The fourth-order valence-corrected chi connectivity index (χ4v) is 1.45. The Hall–Kier alpha value is -0.380. The zero-order chi connectivity index (χ0) is 9.68. The minimum absolute atomic E-state index is 0.152. The summed E-state index contributed by atoms with van der Waals surface area (Å²) in [6.45, 7) is 2.92. The maximum Gasteiger partial charge on any atom is 0.0582 e. The average Bonchev–Trinajstić information content (AvgIpc) is 2.14. The van der Waals surface area contributed by atoms with Crippen LogP contribution in [0.4, 0.5) is 0 Å². The summed E-state index contributed by atoms with van der Waals surface area (Å²) in [5.74, 6) is 0. The molecule has 0 bridgehead atoms. The Labute approximate surface area is 87.1 Å². The molecule has 2 N–H and O–H groups in total. The summed E-state index contributed by atoms with van der Waals surface area (Å²) in [4.78, 5) is 0. The van der Waals surface area contributed by atoms with Crippen LogP contribution in [0, 0.1) is 0 Å². The number of halogens is 1. The second kappa shape index (κ2) is 5.37. The molecule has 0 aromatic heterocycles. The van der Waals surface area contributed by atoms with Gasteiger partial charge in [0.2, 0.25) is 0 Å². The number of hydrogen-bond donors (Lipinski definition) is 2. The van der Waals surface area contributed by atoms with E-state index >= 15 is 0 Å². The Kier molecular flexibility index (Phi) is 4.42. The van der Waals surface area contributed by atoms with Gasteiger partial charge in [-0.25, -0.2) is 0 Å². The van der Waals surface area contributed by atoms with Crippen molar-refractivity contribution < 1.29 is 5.11 Å². The molecule has 1 atom stereocenters. The third-order valence-corrected chi connectivity index (χ3v) is 2.31. The molecule has 0 aliphatic carbocycles. The summed E-state index contributed by atoms with van der Waals surface area (Å²) in [6.07, 6.45) is 0. The minimum Gasteiger partial charge on any atom is -0.395 e. The SMILES string of the molecule is C[C@@H](CO)NCc1cccc(Br)c1. The van der Waals surface area contributed by atoms with Gasteiger partial charge in [-0.1, -0.05) is 28.1 Å². The fourth-order valence-electron chi connectivity index (χ4n) is 1.00. The van der Waals surface area contributed by atoms with Crippen LogP contribution in [0.25, 0.3) is 0 Å². The van der Waals surface area contributed by atoms with Gasteiger partial charge in [-0.05, 0) is 24.6 Å². The van der Waals surface area contributed by atoms with Crippen LogP contribution in [0.15, 0.2) is 28.7 Å². The lowest BCUT2D eigenvalue weighted by Gasteiger charge is -2.10. The molecule has 72 valence electrons. The van der Waals surface area contributed by atoms with E-state index in [2.05, 4.69) is 33.4 Å². The molecule has 0 fully saturated rings. The van der Waals surface area contributed by atoms with Crippen LogP contribution in [0.2, 0.25) is 0 Å². The van der Waals surface area contributed by atoms with Crippen molar-refractivity contribution >= 4 is 15.9 Å². The van der Waals surface area contributed by atoms with Crippen molar-refractivity contribution in [1.29, 1.82) is 0 Å². The van der Waals surface area contributed by atoms with Crippen molar-refractivity contribution in [3.63, 3.8) is 0 Å². The Morgan fingerprint density at radius 3 is 2.92 bits per heavy atom. The first-order chi connectivity index (χ1) is 6.22. The molecule has 0 amide bonds. The van der Waals surface area contributed by atoms with Crippen LogP contribution in [0.3, 0.4) is 0 Å². The molecule has 3 heteroatoms. The topological polar surface area (TPSA) is 32.3 Å². The lowest BCUT2D eigenvalue weighted by atomic mass is 10.2. The van der Waals surface area contributed by atoms with Gasteiger partial charge in [-0.15, -0.1) is 0 Å². The molecule has 1 aromatic carbocycles. The monoisotopic (exact) mass is 243 g/mol. The smallest absolute Gasteiger partial charge is 0.0582 e. The molecular weight excluding hydrogens is 230 g/mol. The number of aliphatic hydroxyl groups excluding tert-OH is 1. The molecule has 0 aliphatic heterocycles. The minimum atomic E-state index is 0.152. The van der Waals surface area contributed by atoms with Crippen LogP contribution in [-0.2, 0) is 6.54 Å². The fraction of sp³-hybridized carbons (Fsp3) is 0.400. The van der Waals surface area contributed by atoms with E-state index in [0.29, 0.717) is 0 Å². The zero-order valence-corrected chi connectivity index (χ0v) is 9.21. The summed E-state index contributed by atoms with van der Waals surface area (Å²) in [6, 6.07) is 8.28. The molecule has 0 aliphatic rings. The molecule has 0 saturated carbocycles. The summed E-state index contributed by atoms with van der Waals surface area (Å²) in [7, 11) is 0. The molecular formula is C10H14BrNO. The quantitative estimate of drug-likeness (QED) is 0.848. The highest BCUT2D eigenvalue weighted by Gasteiger charge is 1.98. The third-order valence-electron chi connectivity index (χ3n) is 1.82. The summed E-state index contributed by atoms with van der Waals surface area (Å²) in [5.41, 5.74) is 1.22. The Balaban J connectivity index is 2.45. The van der Waals surface area contributed by atoms with Gasteiger partial charge >= 0.3 is 0 Å². The number of benzene rings is 1. The summed E-state index contributed by atoms with van der Waals surface area (Å²) < 4.78 is 1.09. The van der Waals surface area contributed by atoms with Gasteiger partial charge in [0, 0.05) is 17.1 Å². The molecule has 2 nitrogen and oxygen atoms in total. The largest absolute Gasteiger partial charge is 0.395 e. The molecule has 1 rings (SSSR count). The van der Waals surface area contributed by atoms with Crippen molar-refractivity contribution in [2.24, 2.45) is 0 Å². The summed E-state index contributed by atoms with van der Waals surface area (Å²) in [5, 5.41) is 12.0. The molecule has 0 saturated heterocycles. The van der Waals surface area contributed by atoms with Crippen LogP contribution >= 0.6 is 15.9 Å². The Morgan fingerprint density at radius 1 is 1.54 bits per heavy atom. The average molecular weight is 244 g/mol. The Morgan fingerprint density at radius 2 is 2.31 bits per heavy atom.